The molecule has 0 radical (unpaired) electrons. The second-order valence-corrected chi connectivity index (χ2v) is 5.56. The van der Waals surface area contributed by atoms with Crippen LogP contribution in [0.2, 0.25) is 0 Å². The third kappa shape index (κ3) is 3.88. The van der Waals surface area contributed by atoms with Crippen LogP contribution in [0.5, 0.6) is 0 Å². The van der Waals surface area contributed by atoms with Gasteiger partial charge in [-0.3, -0.25) is 0 Å². The number of hydrogen-bond acceptors (Lipinski definition) is 1. The molecular weight excluding hydrogens is 268 g/mol. The van der Waals surface area contributed by atoms with Crippen molar-refractivity contribution in [2.45, 2.75) is 39.8 Å². The molecule has 21 heavy (non-hydrogen) atoms. The molecule has 0 aliphatic carbocycles. The van der Waals surface area contributed by atoms with Crippen LogP contribution in [0.1, 0.15) is 29.2 Å². The minimum Gasteiger partial charge on any atom is -0.310 e. The lowest BCUT2D eigenvalue weighted by Crippen LogP contribution is -2.29. The van der Waals surface area contributed by atoms with Crippen molar-refractivity contribution in [1.29, 1.82) is 0 Å². The Labute approximate surface area is 125 Å². The normalized spacial score (nSPS) is 12.4. The molecular formula is C18H21F2N. The summed E-state index contributed by atoms with van der Waals surface area (Å²) in [7, 11) is 0. The SMILES string of the molecule is Cc1cccc(C)c1CNC(C)Cc1c(F)cccc1F. The standard InChI is InChI=1S/C18H21F2N/c1-12-6-4-7-13(2)16(12)11-21-14(3)10-15-17(19)8-5-9-18(15)20/h4-9,14,21H,10-11H2,1-3H3. The van der Waals surface area contributed by atoms with E-state index >= 15 is 0 Å². The molecule has 0 bridgehead atoms. The first-order valence-corrected chi connectivity index (χ1v) is 7.20. The molecule has 1 unspecified atom stereocenters. The Morgan fingerprint density at radius 2 is 1.43 bits per heavy atom. The summed E-state index contributed by atoms with van der Waals surface area (Å²) >= 11 is 0. The molecule has 0 spiro atoms. The molecule has 1 atom stereocenters. The monoisotopic (exact) mass is 289 g/mol. The highest BCUT2D eigenvalue weighted by Crippen LogP contribution is 2.16. The van der Waals surface area contributed by atoms with Gasteiger partial charge >= 0.3 is 0 Å². The van der Waals surface area contributed by atoms with Crippen molar-refractivity contribution in [1.82, 2.24) is 5.32 Å². The zero-order chi connectivity index (χ0) is 15.4. The van der Waals surface area contributed by atoms with Crippen molar-refractivity contribution in [2.75, 3.05) is 0 Å². The van der Waals surface area contributed by atoms with Crippen molar-refractivity contribution >= 4 is 0 Å². The minimum absolute atomic E-state index is 0.00425. The van der Waals surface area contributed by atoms with Crippen LogP contribution in [0, 0.1) is 25.5 Å². The van der Waals surface area contributed by atoms with Crippen LogP contribution < -0.4 is 5.32 Å². The number of nitrogens with one attached hydrogen (secondary N) is 1. The number of hydrogen-bond donors (Lipinski definition) is 1. The van der Waals surface area contributed by atoms with Crippen LogP contribution in [0.4, 0.5) is 8.78 Å². The van der Waals surface area contributed by atoms with E-state index in [4.69, 9.17) is 0 Å². The summed E-state index contributed by atoms with van der Waals surface area (Å²) in [6.07, 6.45) is 0.337. The molecule has 3 heteroatoms. The molecule has 2 aromatic carbocycles. The average molecular weight is 289 g/mol. The third-order valence-corrected chi connectivity index (χ3v) is 3.84. The number of aryl methyl sites for hydroxylation is 2. The fraction of sp³-hybridized carbons (Fsp3) is 0.333. The van der Waals surface area contributed by atoms with Gasteiger partial charge in [0.1, 0.15) is 11.6 Å². The Morgan fingerprint density at radius 1 is 0.905 bits per heavy atom. The second-order valence-electron chi connectivity index (χ2n) is 5.56. The first kappa shape index (κ1) is 15.6. The molecule has 0 saturated heterocycles. The fourth-order valence-electron chi connectivity index (χ4n) is 2.51. The topological polar surface area (TPSA) is 12.0 Å². The minimum atomic E-state index is -0.476. The van der Waals surface area contributed by atoms with E-state index in [-0.39, 0.29) is 11.6 Å². The number of benzene rings is 2. The number of halogens is 2. The summed E-state index contributed by atoms with van der Waals surface area (Å²) < 4.78 is 27.3. The number of rotatable bonds is 5. The predicted octanol–water partition coefficient (Wildman–Crippen LogP) is 4.30. The average Bonchev–Trinajstić information content (AvgIpc) is 2.42. The lowest BCUT2D eigenvalue weighted by atomic mass is 10.0. The van der Waals surface area contributed by atoms with Crippen LogP contribution >= 0.6 is 0 Å². The van der Waals surface area contributed by atoms with Gasteiger partial charge in [0.15, 0.2) is 0 Å². The van der Waals surface area contributed by atoms with Crippen LogP contribution in [-0.2, 0) is 13.0 Å². The molecule has 0 aromatic heterocycles. The molecule has 0 aliphatic heterocycles. The van der Waals surface area contributed by atoms with Gasteiger partial charge in [0.05, 0.1) is 0 Å². The largest absolute Gasteiger partial charge is 0.310 e. The summed E-state index contributed by atoms with van der Waals surface area (Å²) in [6, 6.07) is 10.2. The molecule has 112 valence electrons. The van der Waals surface area contributed by atoms with E-state index in [1.54, 1.807) is 0 Å². The Kier molecular flexibility index (Phi) is 5.07. The fourth-order valence-corrected chi connectivity index (χ4v) is 2.51. The Hall–Kier alpha value is -1.74. The van der Waals surface area contributed by atoms with Gasteiger partial charge in [0.2, 0.25) is 0 Å². The maximum Gasteiger partial charge on any atom is 0.129 e. The summed E-state index contributed by atoms with van der Waals surface area (Å²) in [5, 5.41) is 3.35. The second kappa shape index (κ2) is 6.81. The van der Waals surface area contributed by atoms with Crippen LogP contribution in [0.3, 0.4) is 0 Å². The third-order valence-electron chi connectivity index (χ3n) is 3.84. The zero-order valence-corrected chi connectivity index (χ0v) is 12.7. The molecule has 0 fully saturated rings. The van der Waals surface area contributed by atoms with E-state index in [1.165, 1.54) is 34.9 Å². The maximum absolute atomic E-state index is 13.6. The van der Waals surface area contributed by atoms with E-state index in [1.807, 2.05) is 13.0 Å². The Balaban J connectivity index is 2.01. The van der Waals surface area contributed by atoms with Gasteiger partial charge in [-0.25, -0.2) is 8.78 Å². The van der Waals surface area contributed by atoms with Gasteiger partial charge in [-0.1, -0.05) is 24.3 Å². The van der Waals surface area contributed by atoms with Gasteiger partial charge in [-0.15, -0.1) is 0 Å². The first-order valence-electron chi connectivity index (χ1n) is 7.20. The smallest absolute Gasteiger partial charge is 0.129 e. The predicted molar refractivity (Wildman–Crippen MR) is 82.3 cm³/mol. The molecule has 2 aromatic rings. The van der Waals surface area contributed by atoms with Gasteiger partial charge in [0.25, 0.3) is 0 Å². The lowest BCUT2D eigenvalue weighted by molar-refractivity contribution is 0.498. The van der Waals surface area contributed by atoms with Gasteiger partial charge in [-0.2, -0.15) is 0 Å². The molecule has 0 heterocycles. The summed E-state index contributed by atoms with van der Waals surface area (Å²) in [4.78, 5) is 0. The van der Waals surface area contributed by atoms with E-state index in [9.17, 15) is 8.78 Å². The van der Waals surface area contributed by atoms with E-state index in [0.29, 0.717) is 13.0 Å². The van der Waals surface area contributed by atoms with Crippen molar-refractivity contribution in [2.24, 2.45) is 0 Å². The van der Waals surface area contributed by atoms with Crippen molar-refractivity contribution in [3.05, 3.63) is 70.3 Å². The van der Waals surface area contributed by atoms with Gasteiger partial charge in [-0.05, 0) is 56.0 Å². The highest BCUT2D eigenvalue weighted by molar-refractivity contribution is 5.33. The molecule has 0 amide bonds. The highest BCUT2D eigenvalue weighted by Gasteiger charge is 2.12. The van der Waals surface area contributed by atoms with Crippen molar-refractivity contribution < 1.29 is 8.78 Å². The van der Waals surface area contributed by atoms with E-state index < -0.39 is 11.6 Å². The van der Waals surface area contributed by atoms with Crippen LogP contribution in [-0.4, -0.2) is 6.04 Å². The first-order chi connectivity index (χ1) is 9.99. The molecule has 1 nitrogen and oxygen atoms in total. The van der Waals surface area contributed by atoms with Crippen molar-refractivity contribution in [3.63, 3.8) is 0 Å². The summed E-state index contributed by atoms with van der Waals surface area (Å²) in [5.74, 6) is -0.952. The zero-order valence-electron chi connectivity index (χ0n) is 12.7. The molecule has 1 N–H and O–H groups in total. The van der Waals surface area contributed by atoms with Crippen LogP contribution in [0.25, 0.3) is 0 Å². The summed E-state index contributed by atoms with van der Waals surface area (Å²) in [5.41, 5.74) is 3.86. The van der Waals surface area contributed by atoms with E-state index in [2.05, 4.69) is 31.3 Å². The van der Waals surface area contributed by atoms with E-state index in [0.717, 1.165) is 0 Å². The quantitative estimate of drug-likeness (QED) is 0.865. The summed E-state index contributed by atoms with van der Waals surface area (Å²) in [6.45, 7) is 6.80. The van der Waals surface area contributed by atoms with Gasteiger partial charge in [0, 0.05) is 18.2 Å². The molecule has 0 saturated carbocycles. The lowest BCUT2D eigenvalue weighted by Gasteiger charge is -2.17. The van der Waals surface area contributed by atoms with Crippen molar-refractivity contribution in [3.8, 4) is 0 Å². The maximum atomic E-state index is 13.6. The van der Waals surface area contributed by atoms with Gasteiger partial charge < -0.3 is 5.32 Å². The molecule has 0 aliphatic rings. The van der Waals surface area contributed by atoms with Crippen LogP contribution in [0.15, 0.2) is 36.4 Å². The Morgan fingerprint density at radius 3 is 2.00 bits per heavy atom. The highest BCUT2D eigenvalue weighted by atomic mass is 19.1. The Bertz CT molecular complexity index is 582. The molecule has 2 rings (SSSR count).